The van der Waals surface area contributed by atoms with Gasteiger partial charge in [-0.3, -0.25) is 9.78 Å². The Labute approximate surface area is 120 Å². The Bertz CT molecular complexity index is 599. The number of anilines is 2. The van der Waals surface area contributed by atoms with Crippen molar-refractivity contribution in [2.24, 2.45) is 0 Å². The summed E-state index contributed by atoms with van der Waals surface area (Å²) in [5.74, 6) is -0.221. The maximum absolute atomic E-state index is 11.8. The first kappa shape index (κ1) is 13.6. The van der Waals surface area contributed by atoms with Crippen LogP contribution in [0.2, 0.25) is 10.0 Å². The zero-order valence-corrected chi connectivity index (χ0v) is 11.4. The Morgan fingerprint density at radius 1 is 1.26 bits per heavy atom. The van der Waals surface area contributed by atoms with Crippen LogP contribution in [-0.2, 0) is 11.2 Å². The molecule has 2 rings (SSSR count). The summed E-state index contributed by atoms with van der Waals surface area (Å²) in [5, 5.41) is 3.40. The molecular formula is C13H11Cl2N3O. The number of hydrogen-bond acceptors (Lipinski definition) is 3. The van der Waals surface area contributed by atoms with Crippen molar-refractivity contribution in [1.82, 2.24) is 4.98 Å². The van der Waals surface area contributed by atoms with Crippen molar-refractivity contribution in [3.63, 3.8) is 0 Å². The fourth-order valence-electron chi connectivity index (χ4n) is 1.50. The van der Waals surface area contributed by atoms with Gasteiger partial charge in [0.25, 0.3) is 0 Å². The molecule has 3 N–H and O–H groups in total. The van der Waals surface area contributed by atoms with Crippen LogP contribution in [0, 0.1) is 0 Å². The van der Waals surface area contributed by atoms with Gasteiger partial charge < -0.3 is 11.1 Å². The number of halogens is 2. The van der Waals surface area contributed by atoms with E-state index in [1.54, 1.807) is 30.3 Å². The first-order valence-electron chi connectivity index (χ1n) is 5.50. The third-order valence-electron chi connectivity index (χ3n) is 2.41. The largest absolute Gasteiger partial charge is 0.397 e. The summed E-state index contributed by atoms with van der Waals surface area (Å²) in [4.78, 5) is 15.9. The van der Waals surface area contributed by atoms with Gasteiger partial charge >= 0.3 is 0 Å². The van der Waals surface area contributed by atoms with Crippen LogP contribution < -0.4 is 11.1 Å². The van der Waals surface area contributed by atoms with Gasteiger partial charge in [0.05, 0.1) is 34.0 Å². The van der Waals surface area contributed by atoms with E-state index in [1.807, 2.05) is 0 Å². The van der Waals surface area contributed by atoms with Crippen molar-refractivity contribution in [1.29, 1.82) is 0 Å². The third kappa shape index (κ3) is 3.59. The smallest absolute Gasteiger partial charge is 0.230 e. The molecule has 1 amide bonds. The fraction of sp³-hybridized carbons (Fsp3) is 0.0769. The molecule has 2 aromatic rings. The lowest BCUT2D eigenvalue weighted by molar-refractivity contribution is -0.115. The Balaban J connectivity index is 2.05. The van der Waals surface area contributed by atoms with E-state index in [1.165, 1.54) is 6.20 Å². The molecule has 0 aliphatic rings. The van der Waals surface area contributed by atoms with Gasteiger partial charge in [0.15, 0.2) is 0 Å². The van der Waals surface area contributed by atoms with Crippen LogP contribution in [0.1, 0.15) is 5.69 Å². The molecule has 0 atom stereocenters. The lowest BCUT2D eigenvalue weighted by Crippen LogP contribution is -2.15. The number of benzene rings is 1. The van der Waals surface area contributed by atoms with Gasteiger partial charge in [-0.05, 0) is 24.3 Å². The van der Waals surface area contributed by atoms with Crippen LogP contribution in [0.4, 0.5) is 11.4 Å². The average molecular weight is 296 g/mol. The zero-order chi connectivity index (χ0) is 13.8. The highest BCUT2D eigenvalue weighted by atomic mass is 35.5. The SMILES string of the molecule is Nc1ccc(CC(=O)Nc2cccc(Cl)c2Cl)nc1. The van der Waals surface area contributed by atoms with Crippen LogP contribution >= 0.6 is 23.2 Å². The van der Waals surface area contributed by atoms with Gasteiger partial charge in [-0.15, -0.1) is 0 Å². The van der Waals surface area contributed by atoms with E-state index < -0.39 is 0 Å². The molecule has 0 aliphatic heterocycles. The monoisotopic (exact) mass is 295 g/mol. The van der Waals surface area contributed by atoms with Crippen LogP contribution in [0.3, 0.4) is 0 Å². The minimum atomic E-state index is -0.221. The number of nitrogens with two attached hydrogens (primary N) is 1. The van der Waals surface area contributed by atoms with E-state index in [0.29, 0.717) is 27.1 Å². The molecule has 4 nitrogen and oxygen atoms in total. The van der Waals surface area contributed by atoms with Crippen LogP contribution in [0.5, 0.6) is 0 Å². The van der Waals surface area contributed by atoms with Crippen molar-refractivity contribution in [2.45, 2.75) is 6.42 Å². The third-order valence-corrected chi connectivity index (χ3v) is 3.23. The molecule has 1 aromatic heterocycles. The van der Waals surface area contributed by atoms with E-state index in [9.17, 15) is 4.79 Å². The van der Waals surface area contributed by atoms with Gasteiger partial charge in [-0.2, -0.15) is 0 Å². The predicted octanol–water partition coefficient (Wildman–Crippen LogP) is 3.15. The zero-order valence-electron chi connectivity index (χ0n) is 9.86. The Kier molecular flexibility index (Phi) is 4.24. The Hall–Kier alpha value is -1.78. The van der Waals surface area contributed by atoms with Gasteiger partial charge in [-0.25, -0.2) is 0 Å². The highest BCUT2D eigenvalue weighted by Gasteiger charge is 2.09. The minimum Gasteiger partial charge on any atom is -0.397 e. The van der Waals surface area contributed by atoms with Gasteiger partial charge in [0.1, 0.15) is 0 Å². The first-order chi connectivity index (χ1) is 9.06. The lowest BCUT2D eigenvalue weighted by atomic mass is 10.2. The molecule has 98 valence electrons. The lowest BCUT2D eigenvalue weighted by Gasteiger charge is -2.08. The second kappa shape index (κ2) is 5.91. The number of pyridine rings is 1. The molecule has 19 heavy (non-hydrogen) atoms. The van der Waals surface area contributed by atoms with E-state index in [0.717, 1.165) is 0 Å². The molecule has 0 fully saturated rings. The molecule has 0 saturated carbocycles. The fourth-order valence-corrected chi connectivity index (χ4v) is 1.85. The number of nitrogens with one attached hydrogen (secondary N) is 1. The summed E-state index contributed by atoms with van der Waals surface area (Å²) in [5.41, 5.74) is 7.19. The molecule has 0 unspecified atom stereocenters. The maximum Gasteiger partial charge on any atom is 0.230 e. The second-order valence-corrected chi connectivity index (χ2v) is 4.69. The maximum atomic E-state index is 11.8. The number of amides is 1. The van der Waals surface area contributed by atoms with Crippen molar-refractivity contribution in [3.8, 4) is 0 Å². The first-order valence-corrected chi connectivity index (χ1v) is 6.26. The number of nitrogens with zero attached hydrogens (tertiary/aromatic N) is 1. The number of carbonyl (C=O) groups is 1. The summed E-state index contributed by atoms with van der Waals surface area (Å²) >= 11 is 11.8. The number of aromatic nitrogens is 1. The number of nitrogen functional groups attached to an aromatic ring is 1. The summed E-state index contributed by atoms with van der Waals surface area (Å²) in [6, 6.07) is 8.45. The molecule has 6 heteroatoms. The standard InChI is InChI=1S/C13H11Cl2N3O/c14-10-2-1-3-11(13(10)15)18-12(19)6-9-5-4-8(16)7-17-9/h1-5,7H,6,16H2,(H,18,19). The minimum absolute atomic E-state index is 0.142. The molecule has 0 saturated heterocycles. The molecule has 1 heterocycles. The molecule has 1 aromatic carbocycles. The summed E-state index contributed by atoms with van der Waals surface area (Å²) in [6.45, 7) is 0. The Morgan fingerprint density at radius 2 is 2.05 bits per heavy atom. The van der Waals surface area contributed by atoms with Crippen molar-refractivity contribution in [2.75, 3.05) is 11.1 Å². The van der Waals surface area contributed by atoms with Crippen LogP contribution in [0.15, 0.2) is 36.5 Å². The topological polar surface area (TPSA) is 68.0 Å². The van der Waals surface area contributed by atoms with E-state index in [4.69, 9.17) is 28.9 Å². The molecule has 0 bridgehead atoms. The Morgan fingerprint density at radius 3 is 2.74 bits per heavy atom. The van der Waals surface area contributed by atoms with Crippen molar-refractivity contribution < 1.29 is 4.79 Å². The normalized spacial score (nSPS) is 10.2. The second-order valence-electron chi connectivity index (χ2n) is 3.91. The number of carbonyl (C=O) groups excluding carboxylic acids is 1. The number of hydrogen-bond donors (Lipinski definition) is 2. The predicted molar refractivity (Wildman–Crippen MR) is 77.4 cm³/mol. The van der Waals surface area contributed by atoms with Gasteiger partial charge in [0, 0.05) is 5.69 Å². The summed E-state index contributed by atoms with van der Waals surface area (Å²) in [7, 11) is 0. The quantitative estimate of drug-likeness (QED) is 0.914. The van der Waals surface area contributed by atoms with E-state index >= 15 is 0 Å². The van der Waals surface area contributed by atoms with Crippen molar-refractivity contribution >= 4 is 40.5 Å². The average Bonchev–Trinajstić information content (AvgIpc) is 2.38. The highest BCUT2D eigenvalue weighted by Crippen LogP contribution is 2.29. The van der Waals surface area contributed by atoms with Gasteiger partial charge in [0.2, 0.25) is 5.91 Å². The summed E-state index contributed by atoms with van der Waals surface area (Å²) < 4.78 is 0. The van der Waals surface area contributed by atoms with Crippen LogP contribution in [0.25, 0.3) is 0 Å². The van der Waals surface area contributed by atoms with Gasteiger partial charge in [-0.1, -0.05) is 29.3 Å². The molecule has 0 radical (unpaired) electrons. The number of rotatable bonds is 3. The molecule has 0 spiro atoms. The highest BCUT2D eigenvalue weighted by molar-refractivity contribution is 6.43. The molecular weight excluding hydrogens is 285 g/mol. The summed E-state index contributed by atoms with van der Waals surface area (Å²) in [6.07, 6.45) is 1.65. The van der Waals surface area contributed by atoms with Crippen molar-refractivity contribution in [3.05, 3.63) is 52.3 Å². The van der Waals surface area contributed by atoms with Crippen LogP contribution in [-0.4, -0.2) is 10.9 Å². The van der Waals surface area contributed by atoms with E-state index in [2.05, 4.69) is 10.3 Å². The molecule has 0 aliphatic carbocycles. The van der Waals surface area contributed by atoms with E-state index in [-0.39, 0.29) is 12.3 Å².